The summed E-state index contributed by atoms with van der Waals surface area (Å²) < 4.78 is 17.4. The first-order valence-corrected chi connectivity index (χ1v) is 8.03. The molecule has 0 radical (unpaired) electrons. The number of nitrogens with two attached hydrogens (primary N) is 1. The van der Waals surface area contributed by atoms with Crippen LogP contribution in [0.1, 0.15) is 6.42 Å². The van der Waals surface area contributed by atoms with Gasteiger partial charge in [-0.15, -0.1) is 0 Å². The molecule has 2 atom stereocenters. The molecule has 11 heteroatoms. The maximum atomic E-state index is 11.6. The third-order valence-electron chi connectivity index (χ3n) is 3.18. The van der Waals surface area contributed by atoms with Crippen molar-refractivity contribution in [2.45, 2.75) is 6.42 Å². The summed E-state index contributed by atoms with van der Waals surface area (Å²) in [5, 5.41) is 0. The van der Waals surface area contributed by atoms with Crippen molar-refractivity contribution in [3.63, 3.8) is 0 Å². The first-order chi connectivity index (χ1) is 9.94. The van der Waals surface area contributed by atoms with Crippen LogP contribution >= 0.6 is 7.60 Å². The van der Waals surface area contributed by atoms with Crippen molar-refractivity contribution in [2.24, 2.45) is 5.92 Å². The van der Waals surface area contributed by atoms with Crippen molar-refractivity contribution in [3.05, 3.63) is 16.7 Å². The van der Waals surface area contributed by atoms with E-state index in [4.69, 9.17) is 15.1 Å². The zero-order valence-electron chi connectivity index (χ0n) is 10.9. The van der Waals surface area contributed by atoms with Gasteiger partial charge >= 0.3 is 7.60 Å². The van der Waals surface area contributed by atoms with Crippen LogP contribution in [-0.2, 0) is 9.09 Å². The second-order valence-corrected chi connectivity index (χ2v) is 6.78. The van der Waals surface area contributed by atoms with Crippen molar-refractivity contribution in [3.8, 4) is 0 Å². The minimum atomic E-state index is -3.41. The molecule has 1 fully saturated rings. The van der Waals surface area contributed by atoms with Gasteiger partial charge in [0.25, 0.3) is 5.56 Å². The number of H-pyrrole nitrogens is 1. The summed E-state index contributed by atoms with van der Waals surface area (Å²) in [6.07, 6.45) is 1.96. The zero-order chi connectivity index (χ0) is 15.0. The quantitative estimate of drug-likeness (QED) is 0.634. The lowest BCUT2D eigenvalue weighted by molar-refractivity contribution is 0.0574. The van der Waals surface area contributed by atoms with E-state index in [1.54, 1.807) is 0 Å². The molecule has 0 amide bonds. The molecule has 0 bridgehead atoms. The fourth-order valence-corrected chi connectivity index (χ4v) is 3.30. The van der Waals surface area contributed by atoms with E-state index in [1.807, 2.05) is 0 Å². The Morgan fingerprint density at radius 3 is 3.19 bits per heavy atom. The number of aromatic amines is 1. The smallest absolute Gasteiger partial charge is 0.328 e. The van der Waals surface area contributed by atoms with Crippen LogP contribution in [0.5, 0.6) is 0 Å². The molecule has 0 aromatic carbocycles. The summed E-state index contributed by atoms with van der Waals surface area (Å²) in [6.45, 7) is 0.399. The molecule has 1 aliphatic heterocycles. The fraction of sp³-hybridized carbons (Fsp3) is 0.500. The number of nitrogens with zero attached hydrogens (tertiary/aromatic N) is 3. The third-order valence-corrected chi connectivity index (χ3v) is 4.55. The first-order valence-electron chi connectivity index (χ1n) is 6.27. The van der Waals surface area contributed by atoms with Crippen LogP contribution in [0.25, 0.3) is 11.2 Å². The summed E-state index contributed by atoms with van der Waals surface area (Å²) in [5.74, 6) is -0.0453. The molecule has 3 heterocycles. The lowest BCUT2D eigenvalue weighted by atomic mass is 10.1. The van der Waals surface area contributed by atoms with Crippen molar-refractivity contribution in [1.82, 2.24) is 19.7 Å². The Hall–Kier alpha value is -1.90. The molecular formula is C10H14N5O5P. The molecule has 3 rings (SSSR count). The van der Waals surface area contributed by atoms with E-state index in [2.05, 4.69) is 15.0 Å². The Bertz CT molecular complexity index is 759. The molecule has 4 N–H and O–H groups in total. The molecule has 0 aliphatic carbocycles. The highest BCUT2D eigenvalue weighted by Gasteiger charge is 2.29. The van der Waals surface area contributed by atoms with Crippen molar-refractivity contribution in [2.75, 3.05) is 25.1 Å². The van der Waals surface area contributed by atoms with Gasteiger partial charge in [-0.3, -0.25) is 14.3 Å². The van der Waals surface area contributed by atoms with Gasteiger partial charge in [-0.2, -0.15) is 9.71 Å². The topological polar surface area (TPSA) is 145 Å². The van der Waals surface area contributed by atoms with Gasteiger partial charge < -0.3 is 20.0 Å². The molecule has 0 spiro atoms. The van der Waals surface area contributed by atoms with Crippen LogP contribution in [0, 0.1) is 5.92 Å². The summed E-state index contributed by atoms with van der Waals surface area (Å²) in [4.78, 5) is 36.6. The maximum Gasteiger partial charge on any atom is 0.328 e. The van der Waals surface area contributed by atoms with Crippen molar-refractivity contribution >= 4 is 24.7 Å². The Kier molecular flexibility index (Phi) is 3.44. The second-order valence-electron chi connectivity index (χ2n) is 4.80. The molecule has 10 nitrogen and oxygen atoms in total. The Balaban J connectivity index is 1.72. The summed E-state index contributed by atoms with van der Waals surface area (Å²) in [6, 6.07) is 0. The van der Waals surface area contributed by atoms with Crippen LogP contribution < -0.4 is 16.1 Å². The number of nitrogens with one attached hydrogen (secondary N) is 1. The highest BCUT2D eigenvalue weighted by Crippen LogP contribution is 2.46. The van der Waals surface area contributed by atoms with Crippen LogP contribution in [0.2, 0.25) is 0 Å². The summed E-state index contributed by atoms with van der Waals surface area (Å²) in [5.41, 5.74) is 5.39. The molecule has 114 valence electrons. The van der Waals surface area contributed by atoms with Gasteiger partial charge in [-0.05, 0) is 6.42 Å². The molecule has 1 saturated heterocycles. The lowest BCUT2D eigenvalue weighted by Crippen LogP contribution is -2.27. The number of aromatic nitrogens is 4. The van der Waals surface area contributed by atoms with Crippen LogP contribution in [0.4, 0.5) is 5.95 Å². The van der Waals surface area contributed by atoms with Gasteiger partial charge in [0.1, 0.15) is 12.9 Å². The average Bonchev–Trinajstić information content (AvgIpc) is 2.81. The van der Waals surface area contributed by atoms with Gasteiger partial charge in [0.2, 0.25) is 11.6 Å². The van der Waals surface area contributed by atoms with E-state index in [0.29, 0.717) is 6.42 Å². The molecule has 1 aliphatic rings. The molecule has 21 heavy (non-hydrogen) atoms. The number of nitrogen functional groups attached to an aromatic ring is 1. The lowest BCUT2D eigenvalue weighted by Gasteiger charge is -2.25. The van der Waals surface area contributed by atoms with Gasteiger partial charge in [-0.1, -0.05) is 0 Å². The maximum absolute atomic E-state index is 11.6. The predicted octanol–water partition coefficient (Wildman–Crippen LogP) is -0.648. The Morgan fingerprint density at radius 1 is 1.67 bits per heavy atom. The normalized spacial score (nSPS) is 26.0. The Morgan fingerprint density at radius 2 is 2.48 bits per heavy atom. The summed E-state index contributed by atoms with van der Waals surface area (Å²) >= 11 is 0. The zero-order valence-corrected chi connectivity index (χ0v) is 11.8. The van der Waals surface area contributed by atoms with E-state index in [0.717, 1.165) is 0 Å². The van der Waals surface area contributed by atoms with E-state index >= 15 is 0 Å². The first kappa shape index (κ1) is 14.1. The molecular weight excluding hydrogens is 301 g/mol. The standard InChI is InChI=1S/C10H14N5O5P/c11-10-13-8-7(9(16)14-10)12-5-15(8)19-3-6-1-2-21(17,18)20-4-6/h5-6H,1-4H2,(H,17,18)(H3,11,13,14,16)/t6-/m1/s1. The predicted molar refractivity (Wildman–Crippen MR) is 72.8 cm³/mol. The van der Waals surface area contributed by atoms with Gasteiger partial charge in [0, 0.05) is 5.92 Å². The highest BCUT2D eigenvalue weighted by molar-refractivity contribution is 7.52. The molecule has 1 unspecified atom stereocenters. The largest absolute Gasteiger partial charge is 0.410 e. The second kappa shape index (κ2) is 5.14. The van der Waals surface area contributed by atoms with E-state index in [-0.39, 0.29) is 42.4 Å². The average molecular weight is 315 g/mol. The van der Waals surface area contributed by atoms with E-state index in [9.17, 15) is 14.3 Å². The number of imidazole rings is 1. The molecule has 2 aromatic rings. The number of hydrogen-bond donors (Lipinski definition) is 3. The van der Waals surface area contributed by atoms with Crippen LogP contribution in [-0.4, -0.2) is 44.0 Å². The number of fused-ring (bicyclic) bond motifs is 1. The van der Waals surface area contributed by atoms with Crippen LogP contribution in [0.15, 0.2) is 11.1 Å². The summed E-state index contributed by atoms with van der Waals surface area (Å²) in [7, 11) is -3.41. The van der Waals surface area contributed by atoms with Gasteiger partial charge in [-0.25, -0.2) is 4.98 Å². The van der Waals surface area contributed by atoms with Crippen molar-refractivity contribution < 1.29 is 18.8 Å². The number of anilines is 1. The molecule has 2 aromatic heterocycles. The van der Waals surface area contributed by atoms with E-state index < -0.39 is 13.2 Å². The van der Waals surface area contributed by atoms with Gasteiger partial charge in [0.05, 0.1) is 12.8 Å². The fourth-order valence-electron chi connectivity index (χ4n) is 2.03. The monoisotopic (exact) mass is 315 g/mol. The minimum Gasteiger partial charge on any atom is -0.410 e. The van der Waals surface area contributed by atoms with Crippen molar-refractivity contribution in [1.29, 1.82) is 0 Å². The van der Waals surface area contributed by atoms with Gasteiger partial charge in [0.15, 0.2) is 5.52 Å². The third kappa shape index (κ3) is 2.92. The highest BCUT2D eigenvalue weighted by atomic mass is 31.2. The Labute approximate surface area is 118 Å². The SMILES string of the molecule is Nc1nc2c(ncn2OC[C@H]2CCP(=O)(O)OC2)c(=O)[nH]1. The van der Waals surface area contributed by atoms with Crippen LogP contribution in [0.3, 0.4) is 0 Å². The molecule has 0 saturated carbocycles. The van der Waals surface area contributed by atoms with E-state index in [1.165, 1.54) is 11.1 Å². The minimum absolute atomic E-state index is 0.0176. The number of rotatable bonds is 3. The number of hydrogen-bond acceptors (Lipinski definition) is 7.